The zero-order valence-corrected chi connectivity index (χ0v) is 14.7. The first-order chi connectivity index (χ1) is 13.2. The van der Waals surface area contributed by atoms with Crippen molar-refractivity contribution >= 4 is 17.6 Å². The Labute approximate surface area is 158 Å². The van der Waals surface area contributed by atoms with Gasteiger partial charge in [-0.15, -0.1) is 0 Å². The minimum absolute atomic E-state index is 0.0918. The molecule has 2 amide bonds. The molecule has 0 aliphatic carbocycles. The second-order valence-corrected chi connectivity index (χ2v) is 6.46. The lowest BCUT2D eigenvalue weighted by Crippen LogP contribution is -2.33. The number of hydrogen-bond acceptors (Lipinski definition) is 4. The van der Waals surface area contributed by atoms with E-state index in [9.17, 15) is 22.8 Å². The number of hydrogen-bond donors (Lipinski definition) is 1. The first kappa shape index (κ1) is 19.4. The van der Waals surface area contributed by atoms with E-state index in [4.69, 9.17) is 5.26 Å². The first-order valence-electron chi connectivity index (χ1n) is 8.30. The highest BCUT2D eigenvalue weighted by Gasteiger charge is 2.45. The molecule has 2 heterocycles. The van der Waals surface area contributed by atoms with Crippen molar-refractivity contribution in [3.8, 4) is 6.07 Å². The lowest BCUT2D eigenvalue weighted by atomic mass is 9.87. The molecule has 1 saturated heterocycles. The number of likely N-dealkylation sites (tertiary alicyclic amines) is 1. The predicted molar refractivity (Wildman–Crippen MR) is 92.9 cm³/mol. The van der Waals surface area contributed by atoms with Crippen LogP contribution in [0.25, 0.3) is 0 Å². The van der Waals surface area contributed by atoms with E-state index in [0.717, 1.165) is 12.1 Å². The van der Waals surface area contributed by atoms with Gasteiger partial charge in [-0.05, 0) is 23.8 Å². The predicted octanol–water partition coefficient (Wildman–Crippen LogP) is 2.78. The van der Waals surface area contributed by atoms with Crippen LogP contribution in [0.2, 0.25) is 0 Å². The Balaban J connectivity index is 1.90. The fraction of sp³-hybridized carbons (Fsp3) is 0.263. The summed E-state index contributed by atoms with van der Waals surface area (Å²) in [6, 6.07) is 9.35. The topological polar surface area (TPSA) is 86.1 Å². The summed E-state index contributed by atoms with van der Waals surface area (Å²) in [5.74, 6) is -3.01. The molecule has 0 unspecified atom stereocenters. The SMILES string of the molecule is CN1C[C@H](c2cccc(C(F)(F)F)c2)[C@@H](C(=O)Nc2cc(C#N)ccn2)C1=O. The molecular formula is C19H15F3N4O2. The maximum absolute atomic E-state index is 13.0. The van der Waals surface area contributed by atoms with Gasteiger partial charge >= 0.3 is 6.18 Å². The third kappa shape index (κ3) is 3.81. The third-order valence-corrected chi connectivity index (χ3v) is 4.58. The van der Waals surface area contributed by atoms with Crippen LogP contribution in [-0.2, 0) is 15.8 Å². The molecule has 0 spiro atoms. The van der Waals surface area contributed by atoms with Crippen molar-refractivity contribution in [2.45, 2.75) is 12.1 Å². The van der Waals surface area contributed by atoms with Crippen LogP contribution in [0.5, 0.6) is 0 Å². The van der Waals surface area contributed by atoms with Gasteiger partial charge in [0.2, 0.25) is 11.8 Å². The number of nitrogens with one attached hydrogen (secondary N) is 1. The number of halogens is 3. The van der Waals surface area contributed by atoms with Crippen LogP contribution in [0.15, 0.2) is 42.6 Å². The fourth-order valence-electron chi connectivity index (χ4n) is 3.21. The molecule has 6 nitrogen and oxygen atoms in total. The number of benzene rings is 1. The van der Waals surface area contributed by atoms with E-state index in [1.54, 1.807) is 0 Å². The summed E-state index contributed by atoms with van der Waals surface area (Å²) in [7, 11) is 1.49. The molecule has 0 radical (unpaired) electrons. The number of aromatic nitrogens is 1. The van der Waals surface area contributed by atoms with Crippen LogP contribution in [0.3, 0.4) is 0 Å². The number of carbonyl (C=O) groups excluding carboxylic acids is 2. The number of carbonyl (C=O) groups is 2. The summed E-state index contributed by atoms with van der Waals surface area (Å²) in [4.78, 5) is 30.5. The quantitative estimate of drug-likeness (QED) is 0.820. The first-order valence-corrected chi connectivity index (χ1v) is 8.30. The Bertz CT molecular complexity index is 968. The number of pyridine rings is 1. The van der Waals surface area contributed by atoms with Gasteiger partial charge in [0.15, 0.2) is 0 Å². The van der Waals surface area contributed by atoms with Gasteiger partial charge in [-0.2, -0.15) is 18.4 Å². The van der Waals surface area contributed by atoms with Crippen LogP contribution in [0, 0.1) is 17.2 Å². The molecule has 0 saturated carbocycles. The van der Waals surface area contributed by atoms with Gasteiger partial charge in [-0.25, -0.2) is 4.98 Å². The lowest BCUT2D eigenvalue weighted by Gasteiger charge is -2.18. The van der Waals surface area contributed by atoms with E-state index in [-0.39, 0.29) is 23.5 Å². The molecule has 1 aromatic heterocycles. The van der Waals surface area contributed by atoms with E-state index in [2.05, 4.69) is 10.3 Å². The van der Waals surface area contributed by atoms with Gasteiger partial charge in [-0.3, -0.25) is 9.59 Å². The average molecular weight is 388 g/mol. The third-order valence-electron chi connectivity index (χ3n) is 4.58. The van der Waals surface area contributed by atoms with Crippen molar-refractivity contribution in [3.63, 3.8) is 0 Å². The number of anilines is 1. The average Bonchev–Trinajstić information content (AvgIpc) is 2.96. The van der Waals surface area contributed by atoms with Crippen LogP contribution in [0.1, 0.15) is 22.6 Å². The maximum Gasteiger partial charge on any atom is 0.416 e. The molecule has 1 fully saturated rings. The minimum atomic E-state index is -4.52. The van der Waals surface area contributed by atoms with Gasteiger partial charge in [0.25, 0.3) is 0 Å². The fourth-order valence-corrected chi connectivity index (χ4v) is 3.21. The number of rotatable bonds is 3. The molecule has 3 rings (SSSR count). The summed E-state index contributed by atoms with van der Waals surface area (Å²) in [6.45, 7) is 0.115. The van der Waals surface area contributed by atoms with Gasteiger partial charge in [-0.1, -0.05) is 18.2 Å². The molecule has 0 bridgehead atoms. The normalized spacial score (nSPS) is 19.4. The van der Waals surface area contributed by atoms with Gasteiger partial charge in [0.05, 0.1) is 17.2 Å². The number of amides is 2. The molecule has 2 aromatic rings. The molecule has 9 heteroatoms. The Hall–Kier alpha value is -3.41. The largest absolute Gasteiger partial charge is 0.416 e. The summed E-state index contributed by atoms with van der Waals surface area (Å²) >= 11 is 0. The highest BCUT2D eigenvalue weighted by molar-refractivity contribution is 6.08. The van der Waals surface area contributed by atoms with E-state index in [1.807, 2.05) is 6.07 Å². The number of likely N-dealkylation sites (N-methyl/N-ethyl adjacent to an activating group) is 1. The highest BCUT2D eigenvalue weighted by Crippen LogP contribution is 2.37. The van der Waals surface area contributed by atoms with Crippen LogP contribution < -0.4 is 5.32 Å². The Morgan fingerprint density at radius 1 is 1.32 bits per heavy atom. The van der Waals surface area contributed by atoms with Gasteiger partial charge in [0.1, 0.15) is 11.7 Å². The van der Waals surface area contributed by atoms with Crippen LogP contribution in [0.4, 0.5) is 19.0 Å². The molecule has 2 atom stereocenters. The monoisotopic (exact) mass is 388 g/mol. The number of nitrogens with zero attached hydrogens (tertiary/aromatic N) is 3. The van der Waals surface area contributed by atoms with E-state index in [0.29, 0.717) is 0 Å². The van der Waals surface area contributed by atoms with Crippen molar-refractivity contribution < 1.29 is 22.8 Å². The Morgan fingerprint density at radius 2 is 2.07 bits per heavy atom. The molecule has 1 N–H and O–H groups in total. The minimum Gasteiger partial charge on any atom is -0.344 e. The van der Waals surface area contributed by atoms with Crippen molar-refractivity contribution in [1.82, 2.24) is 9.88 Å². The van der Waals surface area contributed by atoms with Crippen LogP contribution in [-0.4, -0.2) is 35.3 Å². The summed E-state index contributed by atoms with van der Waals surface area (Å²) in [5, 5.41) is 11.4. The van der Waals surface area contributed by atoms with Crippen molar-refractivity contribution in [3.05, 3.63) is 59.3 Å². The standard InChI is InChI=1S/C19H15F3N4O2/c1-26-10-14(12-3-2-4-13(8-12)19(20,21)22)16(18(26)28)17(27)25-15-7-11(9-23)5-6-24-15/h2-8,14,16H,10H2,1H3,(H,24,25,27)/t14-,16+/m1/s1. The van der Waals surface area contributed by atoms with E-state index in [1.165, 1.54) is 42.4 Å². The van der Waals surface area contributed by atoms with E-state index >= 15 is 0 Å². The molecular weight excluding hydrogens is 373 g/mol. The Kier molecular flexibility index (Phi) is 5.05. The van der Waals surface area contributed by atoms with E-state index < -0.39 is 35.4 Å². The molecule has 144 valence electrons. The highest BCUT2D eigenvalue weighted by atomic mass is 19.4. The van der Waals surface area contributed by atoms with Crippen molar-refractivity contribution in [2.75, 3.05) is 18.9 Å². The van der Waals surface area contributed by atoms with Crippen LogP contribution >= 0.6 is 0 Å². The van der Waals surface area contributed by atoms with Gasteiger partial charge < -0.3 is 10.2 Å². The maximum atomic E-state index is 13.0. The molecule has 1 aromatic carbocycles. The second kappa shape index (κ2) is 7.31. The zero-order chi connectivity index (χ0) is 20.5. The molecule has 1 aliphatic heterocycles. The van der Waals surface area contributed by atoms with Gasteiger partial charge in [0, 0.05) is 25.7 Å². The number of alkyl halides is 3. The summed E-state index contributed by atoms with van der Waals surface area (Å²) in [5.41, 5.74) is -0.310. The summed E-state index contributed by atoms with van der Waals surface area (Å²) < 4.78 is 39.1. The Morgan fingerprint density at radius 3 is 2.75 bits per heavy atom. The zero-order valence-electron chi connectivity index (χ0n) is 14.7. The van der Waals surface area contributed by atoms with Crippen molar-refractivity contribution in [2.24, 2.45) is 5.92 Å². The number of nitriles is 1. The second-order valence-electron chi connectivity index (χ2n) is 6.46. The lowest BCUT2D eigenvalue weighted by molar-refractivity contribution is -0.137. The van der Waals surface area contributed by atoms with Crippen molar-refractivity contribution in [1.29, 1.82) is 5.26 Å². The summed E-state index contributed by atoms with van der Waals surface area (Å²) in [6.07, 6.45) is -3.19. The smallest absolute Gasteiger partial charge is 0.344 e. The molecule has 28 heavy (non-hydrogen) atoms. The molecule has 1 aliphatic rings.